The van der Waals surface area contributed by atoms with Crippen molar-refractivity contribution in [3.63, 3.8) is 0 Å². The highest BCUT2D eigenvalue weighted by atomic mass is 16.4. The highest BCUT2D eigenvalue weighted by molar-refractivity contribution is 6.01. The van der Waals surface area contributed by atoms with E-state index in [9.17, 15) is 19.5 Å². The van der Waals surface area contributed by atoms with Gasteiger partial charge in [0.2, 0.25) is 5.91 Å². The number of amides is 1. The van der Waals surface area contributed by atoms with Crippen LogP contribution < -0.4 is 4.90 Å². The first-order valence-corrected chi connectivity index (χ1v) is 7.41. The van der Waals surface area contributed by atoms with Gasteiger partial charge in [-0.15, -0.1) is 0 Å². The molecule has 0 aliphatic carbocycles. The molecule has 23 heavy (non-hydrogen) atoms. The smallest absolute Gasteiger partial charge is 0.326 e. The first-order valence-electron chi connectivity index (χ1n) is 7.41. The topological polar surface area (TPSA) is 108 Å². The summed E-state index contributed by atoms with van der Waals surface area (Å²) in [5, 5.41) is 18.3. The molecule has 0 fully saturated rings. The molecule has 2 atom stereocenters. The number of anilines is 1. The molecule has 126 valence electrons. The molecule has 1 rings (SSSR count). The number of carbonyl (C=O) groups excluding carboxylic acids is 1. The summed E-state index contributed by atoms with van der Waals surface area (Å²) in [5.74, 6) is -3.43. The van der Waals surface area contributed by atoms with Gasteiger partial charge in [0.05, 0.1) is 18.3 Å². The van der Waals surface area contributed by atoms with Crippen LogP contribution in [0.2, 0.25) is 0 Å². The van der Waals surface area contributed by atoms with E-state index in [1.807, 2.05) is 13.8 Å². The van der Waals surface area contributed by atoms with Crippen molar-refractivity contribution in [1.82, 2.24) is 4.98 Å². The van der Waals surface area contributed by atoms with Gasteiger partial charge in [0, 0.05) is 12.1 Å². The molecular weight excluding hydrogens is 300 g/mol. The second kappa shape index (κ2) is 8.26. The van der Waals surface area contributed by atoms with E-state index in [-0.39, 0.29) is 12.3 Å². The van der Waals surface area contributed by atoms with Gasteiger partial charge < -0.3 is 10.2 Å². The van der Waals surface area contributed by atoms with Crippen molar-refractivity contribution in [2.75, 3.05) is 4.90 Å². The molecule has 0 bridgehead atoms. The molecule has 0 spiro atoms. The van der Waals surface area contributed by atoms with Gasteiger partial charge in [-0.25, -0.2) is 4.79 Å². The summed E-state index contributed by atoms with van der Waals surface area (Å²) in [4.78, 5) is 40.3. The molecule has 0 saturated heterocycles. The van der Waals surface area contributed by atoms with E-state index in [1.54, 1.807) is 12.1 Å². The predicted molar refractivity (Wildman–Crippen MR) is 84.0 cm³/mol. The number of pyridine rings is 1. The normalized spacial score (nSPS) is 13.4. The quantitative estimate of drug-likeness (QED) is 0.758. The number of rotatable bonds is 8. The molecule has 1 heterocycles. The molecule has 0 aliphatic heterocycles. The first-order chi connectivity index (χ1) is 10.7. The summed E-state index contributed by atoms with van der Waals surface area (Å²) < 4.78 is 0. The lowest BCUT2D eigenvalue weighted by atomic mass is 9.92. The Kier molecular flexibility index (Phi) is 6.68. The van der Waals surface area contributed by atoms with Gasteiger partial charge in [-0.3, -0.25) is 19.5 Å². The molecule has 0 radical (unpaired) electrons. The maximum atomic E-state index is 12.8. The van der Waals surface area contributed by atoms with E-state index in [0.29, 0.717) is 12.1 Å². The molecule has 1 aromatic rings. The zero-order chi connectivity index (χ0) is 17.6. The average Bonchev–Trinajstić information content (AvgIpc) is 2.46. The molecule has 7 heteroatoms. The molecule has 1 aromatic heterocycles. The Bertz CT molecular complexity index is 559. The van der Waals surface area contributed by atoms with Crippen molar-refractivity contribution in [3.8, 4) is 0 Å². The Morgan fingerprint density at radius 2 is 1.87 bits per heavy atom. The van der Waals surface area contributed by atoms with Gasteiger partial charge in [-0.1, -0.05) is 13.8 Å². The van der Waals surface area contributed by atoms with E-state index in [2.05, 4.69) is 4.98 Å². The number of aromatic nitrogens is 1. The van der Waals surface area contributed by atoms with Gasteiger partial charge >= 0.3 is 11.9 Å². The Labute approximate surface area is 134 Å². The maximum absolute atomic E-state index is 12.8. The number of hydrogen-bond acceptors (Lipinski definition) is 4. The van der Waals surface area contributed by atoms with Crippen molar-refractivity contribution in [3.05, 3.63) is 24.5 Å². The third kappa shape index (κ3) is 5.36. The fourth-order valence-corrected chi connectivity index (χ4v) is 2.40. The highest BCUT2D eigenvalue weighted by Gasteiger charge is 2.33. The van der Waals surface area contributed by atoms with Crippen molar-refractivity contribution in [2.24, 2.45) is 11.8 Å². The van der Waals surface area contributed by atoms with Crippen LogP contribution in [0.3, 0.4) is 0 Å². The Hall–Kier alpha value is -2.44. The number of aliphatic carboxylic acids is 2. The standard InChI is InChI=1S/C16H22N2O5/c1-10(2)7-12(8-14(19)20)15(21)18(11(3)16(22)23)13-5-4-6-17-9-13/h4-6,9-12H,7-8H2,1-3H3,(H,19,20)(H,22,23)/t11-,12?/m0/s1. The summed E-state index contributed by atoms with van der Waals surface area (Å²) in [7, 11) is 0. The zero-order valence-electron chi connectivity index (χ0n) is 13.5. The van der Waals surface area contributed by atoms with Gasteiger partial charge in [-0.2, -0.15) is 0 Å². The van der Waals surface area contributed by atoms with Crippen LogP contribution in [-0.4, -0.2) is 39.1 Å². The van der Waals surface area contributed by atoms with Gasteiger partial charge in [-0.05, 0) is 31.4 Å². The zero-order valence-corrected chi connectivity index (χ0v) is 13.5. The predicted octanol–water partition coefficient (Wildman–Crippen LogP) is 2.02. The van der Waals surface area contributed by atoms with Gasteiger partial charge in [0.25, 0.3) is 0 Å². The lowest BCUT2D eigenvalue weighted by Crippen LogP contribution is -2.47. The average molecular weight is 322 g/mol. The monoisotopic (exact) mass is 322 g/mol. The summed E-state index contributed by atoms with van der Waals surface area (Å²) in [6.07, 6.45) is 2.94. The first kappa shape index (κ1) is 18.6. The van der Waals surface area contributed by atoms with Crippen LogP contribution in [0.4, 0.5) is 5.69 Å². The van der Waals surface area contributed by atoms with Gasteiger partial charge in [0.1, 0.15) is 6.04 Å². The fourth-order valence-electron chi connectivity index (χ4n) is 2.40. The maximum Gasteiger partial charge on any atom is 0.326 e. The molecule has 1 amide bonds. The van der Waals surface area contributed by atoms with Crippen LogP contribution in [0.5, 0.6) is 0 Å². The van der Waals surface area contributed by atoms with Crippen molar-refractivity contribution in [2.45, 2.75) is 39.7 Å². The molecule has 0 aliphatic rings. The summed E-state index contributed by atoms with van der Waals surface area (Å²) in [6, 6.07) is 2.06. The highest BCUT2D eigenvalue weighted by Crippen LogP contribution is 2.24. The van der Waals surface area contributed by atoms with E-state index >= 15 is 0 Å². The molecule has 0 saturated carbocycles. The van der Waals surface area contributed by atoms with E-state index in [1.165, 1.54) is 19.3 Å². The van der Waals surface area contributed by atoms with Crippen LogP contribution in [0, 0.1) is 11.8 Å². The van der Waals surface area contributed by atoms with Crippen LogP contribution >= 0.6 is 0 Å². The van der Waals surface area contributed by atoms with Crippen LogP contribution in [-0.2, 0) is 14.4 Å². The third-order valence-electron chi connectivity index (χ3n) is 3.43. The summed E-state index contributed by atoms with van der Waals surface area (Å²) in [6.45, 7) is 5.16. The Morgan fingerprint density at radius 3 is 2.30 bits per heavy atom. The number of carboxylic acid groups (broad SMARTS) is 2. The third-order valence-corrected chi connectivity index (χ3v) is 3.43. The van der Waals surface area contributed by atoms with Gasteiger partial charge in [0.15, 0.2) is 0 Å². The van der Waals surface area contributed by atoms with Crippen molar-refractivity contribution >= 4 is 23.5 Å². The SMILES string of the molecule is CC(C)CC(CC(=O)O)C(=O)N(c1cccnc1)[C@@H](C)C(=O)O. The summed E-state index contributed by atoms with van der Waals surface area (Å²) >= 11 is 0. The van der Waals surface area contributed by atoms with E-state index < -0.39 is 29.8 Å². The molecular formula is C16H22N2O5. The Balaban J connectivity index is 3.19. The molecule has 1 unspecified atom stereocenters. The minimum atomic E-state index is -1.17. The number of carboxylic acids is 2. The largest absolute Gasteiger partial charge is 0.481 e. The second-order valence-corrected chi connectivity index (χ2v) is 5.86. The number of hydrogen-bond donors (Lipinski definition) is 2. The van der Waals surface area contributed by atoms with Crippen molar-refractivity contribution in [1.29, 1.82) is 0 Å². The van der Waals surface area contributed by atoms with Crippen molar-refractivity contribution < 1.29 is 24.6 Å². The fraction of sp³-hybridized carbons (Fsp3) is 0.500. The number of carbonyl (C=O) groups is 3. The second-order valence-electron chi connectivity index (χ2n) is 5.86. The minimum absolute atomic E-state index is 0.110. The Morgan fingerprint density at radius 1 is 1.22 bits per heavy atom. The molecule has 0 aromatic carbocycles. The molecule has 7 nitrogen and oxygen atoms in total. The van der Waals surface area contributed by atoms with Crippen LogP contribution in [0.1, 0.15) is 33.6 Å². The summed E-state index contributed by atoms with van der Waals surface area (Å²) in [5.41, 5.74) is 0.339. The lowest BCUT2D eigenvalue weighted by molar-refractivity contribution is -0.142. The van der Waals surface area contributed by atoms with E-state index in [0.717, 1.165) is 4.90 Å². The minimum Gasteiger partial charge on any atom is -0.481 e. The molecule has 2 N–H and O–H groups in total. The number of nitrogens with zero attached hydrogens (tertiary/aromatic N) is 2. The van der Waals surface area contributed by atoms with Crippen LogP contribution in [0.15, 0.2) is 24.5 Å². The van der Waals surface area contributed by atoms with E-state index in [4.69, 9.17) is 5.11 Å². The lowest BCUT2D eigenvalue weighted by Gasteiger charge is -2.30. The van der Waals surface area contributed by atoms with Crippen LogP contribution in [0.25, 0.3) is 0 Å².